The third-order valence-corrected chi connectivity index (χ3v) is 0.665. The minimum atomic E-state index is -1.14. The number of amides is 1. The predicted octanol–water partition coefficient (Wildman–Crippen LogP) is 0.111. The fraction of sp³-hybridized carbons (Fsp3) is 0.333. The van der Waals surface area contributed by atoms with Crippen molar-refractivity contribution in [1.82, 2.24) is 5.32 Å². The molecule has 0 saturated heterocycles. The summed E-state index contributed by atoms with van der Waals surface area (Å²) in [7, 11) is 0. The van der Waals surface area contributed by atoms with Crippen LogP contribution in [0.15, 0.2) is 12.3 Å². The maximum Gasteiger partial charge on any atom is 0.312 e. The van der Waals surface area contributed by atoms with Crippen molar-refractivity contribution in [1.29, 1.82) is 0 Å². The zero-order valence-corrected chi connectivity index (χ0v) is 5.68. The molecule has 4 nitrogen and oxygen atoms in total. The van der Waals surface area contributed by atoms with Gasteiger partial charge in [-0.25, -0.2) is 0 Å². The van der Waals surface area contributed by atoms with Crippen LogP contribution < -0.4 is 5.32 Å². The fourth-order valence-electron chi connectivity index (χ4n) is 0.420. The van der Waals surface area contributed by atoms with Crippen molar-refractivity contribution in [3.05, 3.63) is 12.3 Å². The summed E-state index contributed by atoms with van der Waals surface area (Å²) < 4.78 is 0. The monoisotopic (exact) mass is 143 g/mol. The van der Waals surface area contributed by atoms with Crippen molar-refractivity contribution in [2.24, 2.45) is 0 Å². The lowest BCUT2D eigenvalue weighted by molar-refractivity contribution is -0.140. The molecule has 0 atom stereocenters. The quantitative estimate of drug-likeness (QED) is 0.551. The number of hydrogen-bond donors (Lipinski definition) is 2. The first-order chi connectivity index (χ1) is 4.52. The Hall–Kier alpha value is -1.32. The molecular weight excluding hydrogens is 134 g/mol. The molecule has 1 amide bonds. The van der Waals surface area contributed by atoms with Crippen LogP contribution in [0.3, 0.4) is 0 Å². The molecular formula is C6H9NO3. The lowest BCUT2D eigenvalue weighted by atomic mass is 10.4. The minimum absolute atomic E-state index is 0.450. The van der Waals surface area contributed by atoms with E-state index in [9.17, 15) is 9.59 Å². The van der Waals surface area contributed by atoms with Crippen LogP contribution >= 0.6 is 0 Å². The van der Waals surface area contributed by atoms with Crippen molar-refractivity contribution in [2.75, 3.05) is 0 Å². The Bertz CT molecular complexity index is 156. The standard InChI is InChI=1S/C6H9NO3/c1-4(2)7-5(8)3-6(9)10/h1,3H2,2H3,(H,7,8)(H,9,10). The molecule has 0 bridgehead atoms. The van der Waals surface area contributed by atoms with Crippen molar-refractivity contribution in [3.8, 4) is 0 Å². The van der Waals surface area contributed by atoms with Crippen LogP contribution in [-0.2, 0) is 9.59 Å². The molecule has 0 fully saturated rings. The predicted molar refractivity (Wildman–Crippen MR) is 35.2 cm³/mol. The number of aliphatic carboxylic acids is 1. The maximum atomic E-state index is 10.5. The van der Waals surface area contributed by atoms with Gasteiger partial charge in [-0.1, -0.05) is 6.58 Å². The third-order valence-electron chi connectivity index (χ3n) is 0.665. The second-order valence-corrected chi connectivity index (χ2v) is 1.90. The van der Waals surface area contributed by atoms with Gasteiger partial charge in [-0.15, -0.1) is 0 Å². The first-order valence-corrected chi connectivity index (χ1v) is 2.69. The molecule has 0 aromatic carbocycles. The molecule has 0 aliphatic carbocycles. The summed E-state index contributed by atoms with van der Waals surface area (Å²) in [5.41, 5.74) is 0.450. The number of allylic oxidation sites excluding steroid dienone is 1. The molecule has 10 heavy (non-hydrogen) atoms. The number of nitrogens with one attached hydrogen (secondary N) is 1. The second kappa shape index (κ2) is 3.66. The number of carbonyl (C=O) groups is 2. The molecule has 0 unspecified atom stereocenters. The van der Waals surface area contributed by atoms with Crippen molar-refractivity contribution >= 4 is 11.9 Å². The Morgan fingerprint density at radius 1 is 1.60 bits per heavy atom. The SMILES string of the molecule is C=C(C)NC(=O)CC(=O)O. The lowest BCUT2D eigenvalue weighted by Crippen LogP contribution is -2.23. The first-order valence-electron chi connectivity index (χ1n) is 2.69. The van der Waals surface area contributed by atoms with Crippen LogP contribution in [0.2, 0.25) is 0 Å². The van der Waals surface area contributed by atoms with Gasteiger partial charge in [0.1, 0.15) is 6.42 Å². The van der Waals surface area contributed by atoms with Gasteiger partial charge >= 0.3 is 5.97 Å². The Kier molecular flexibility index (Phi) is 3.17. The van der Waals surface area contributed by atoms with Gasteiger partial charge in [0.15, 0.2) is 0 Å². The van der Waals surface area contributed by atoms with Gasteiger partial charge in [-0.2, -0.15) is 0 Å². The number of carboxylic acids is 1. The van der Waals surface area contributed by atoms with Gasteiger partial charge < -0.3 is 10.4 Å². The van der Waals surface area contributed by atoms with Gasteiger partial charge in [-0.3, -0.25) is 9.59 Å². The van der Waals surface area contributed by atoms with E-state index in [1.54, 1.807) is 6.92 Å². The summed E-state index contributed by atoms with van der Waals surface area (Å²) in [5, 5.41) is 10.4. The number of hydrogen-bond acceptors (Lipinski definition) is 2. The smallest absolute Gasteiger partial charge is 0.312 e. The van der Waals surface area contributed by atoms with E-state index in [0.29, 0.717) is 5.70 Å². The van der Waals surface area contributed by atoms with E-state index in [1.165, 1.54) is 0 Å². The number of carbonyl (C=O) groups excluding carboxylic acids is 1. The first kappa shape index (κ1) is 8.68. The van der Waals surface area contributed by atoms with Gasteiger partial charge in [0, 0.05) is 5.70 Å². The largest absolute Gasteiger partial charge is 0.481 e. The van der Waals surface area contributed by atoms with E-state index in [1.807, 2.05) is 0 Å². The molecule has 0 rings (SSSR count). The van der Waals surface area contributed by atoms with Gasteiger partial charge in [0.05, 0.1) is 0 Å². The summed E-state index contributed by atoms with van der Waals surface area (Å²) in [4.78, 5) is 20.4. The Morgan fingerprint density at radius 3 is 2.40 bits per heavy atom. The topological polar surface area (TPSA) is 66.4 Å². The molecule has 56 valence electrons. The molecule has 0 radical (unpaired) electrons. The molecule has 0 spiro atoms. The average molecular weight is 143 g/mol. The number of carboxylic acid groups (broad SMARTS) is 1. The normalized spacial score (nSPS) is 8.50. The lowest BCUT2D eigenvalue weighted by Gasteiger charge is -1.98. The van der Waals surface area contributed by atoms with Crippen molar-refractivity contribution < 1.29 is 14.7 Å². The van der Waals surface area contributed by atoms with Crippen LogP contribution in [0.5, 0.6) is 0 Å². The van der Waals surface area contributed by atoms with Crippen molar-refractivity contribution in [2.45, 2.75) is 13.3 Å². The second-order valence-electron chi connectivity index (χ2n) is 1.90. The van der Waals surface area contributed by atoms with Crippen LogP contribution in [0, 0.1) is 0 Å². The molecule has 0 aliphatic rings. The van der Waals surface area contributed by atoms with E-state index in [4.69, 9.17) is 5.11 Å². The minimum Gasteiger partial charge on any atom is -0.481 e. The molecule has 2 N–H and O–H groups in total. The highest BCUT2D eigenvalue weighted by atomic mass is 16.4. The summed E-state index contributed by atoms with van der Waals surface area (Å²) in [6.45, 7) is 4.96. The van der Waals surface area contributed by atoms with Crippen LogP contribution in [-0.4, -0.2) is 17.0 Å². The fourth-order valence-corrected chi connectivity index (χ4v) is 0.420. The van der Waals surface area contributed by atoms with E-state index < -0.39 is 18.3 Å². The van der Waals surface area contributed by atoms with Gasteiger partial charge in [0.25, 0.3) is 0 Å². The van der Waals surface area contributed by atoms with E-state index in [0.717, 1.165) is 0 Å². The Labute approximate surface area is 58.5 Å². The maximum absolute atomic E-state index is 10.5. The Balaban J connectivity index is 3.65. The zero-order valence-electron chi connectivity index (χ0n) is 5.68. The highest BCUT2D eigenvalue weighted by molar-refractivity contribution is 5.93. The van der Waals surface area contributed by atoms with Gasteiger partial charge in [-0.05, 0) is 6.92 Å². The number of rotatable bonds is 3. The molecule has 0 aromatic rings. The van der Waals surface area contributed by atoms with Crippen molar-refractivity contribution in [3.63, 3.8) is 0 Å². The summed E-state index contributed by atoms with van der Waals surface area (Å²) in [5.74, 6) is -1.68. The molecule has 0 heterocycles. The van der Waals surface area contributed by atoms with Crippen LogP contribution in [0.4, 0.5) is 0 Å². The molecule has 0 aliphatic heterocycles. The van der Waals surface area contributed by atoms with E-state index in [-0.39, 0.29) is 0 Å². The third kappa shape index (κ3) is 4.83. The molecule has 0 saturated carbocycles. The van der Waals surface area contributed by atoms with E-state index in [2.05, 4.69) is 11.9 Å². The average Bonchev–Trinajstić information content (AvgIpc) is 1.58. The highest BCUT2D eigenvalue weighted by Crippen LogP contribution is 1.83. The van der Waals surface area contributed by atoms with Crippen LogP contribution in [0.25, 0.3) is 0 Å². The van der Waals surface area contributed by atoms with Gasteiger partial charge in [0.2, 0.25) is 5.91 Å². The Morgan fingerprint density at radius 2 is 2.10 bits per heavy atom. The molecule has 4 heteroatoms. The zero-order chi connectivity index (χ0) is 8.15. The summed E-state index contributed by atoms with van der Waals surface area (Å²) >= 11 is 0. The van der Waals surface area contributed by atoms with Crippen LogP contribution in [0.1, 0.15) is 13.3 Å². The highest BCUT2D eigenvalue weighted by Gasteiger charge is 2.05. The molecule has 0 aromatic heterocycles. The summed E-state index contributed by atoms with van der Waals surface area (Å²) in [6, 6.07) is 0. The van der Waals surface area contributed by atoms with E-state index >= 15 is 0 Å². The summed E-state index contributed by atoms with van der Waals surface area (Å²) in [6.07, 6.45) is -0.507.